The fourth-order valence-corrected chi connectivity index (χ4v) is 5.19. The van der Waals surface area contributed by atoms with Crippen LogP contribution in [0, 0.1) is 11.7 Å². The molecule has 0 amide bonds. The van der Waals surface area contributed by atoms with Crippen LogP contribution in [-0.2, 0) is 4.74 Å². The van der Waals surface area contributed by atoms with Crippen molar-refractivity contribution in [2.45, 2.75) is 76.2 Å². The van der Waals surface area contributed by atoms with Gasteiger partial charge in [-0.3, -0.25) is 0 Å². The number of hydrogen-bond acceptors (Lipinski definition) is 1. The molecule has 0 atom stereocenters. The number of hydrogen-bond donors (Lipinski definition) is 0. The van der Waals surface area contributed by atoms with E-state index in [1.54, 1.807) is 13.2 Å². The highest BCUT2D eigenvalue weighted by molar-refractivity contribution is 5.64. The first-order chi connectivity index (χ1) is 13.6. The van der Waals surface area contributed by atoms with E-state index in [0.717, 1.165) is 48.3 Å². The van der Waals surface area contributed by atoms with Crippen LogP contribution in [0.3, 0.4) is 0 Å². The van der Waals surface area contributed by atoms with Crippen molar-refractivity contribution in [1.82, 2.24) is 0 Å². The Labute approximate surface area is 169 Å². The van der Waals surface area contributed by atoms with Gasteiger partial charge in [0.1, 0.15) is 5.82 Å². The van der Waals surface area contributed by atoms with E-state index in [0.29, 0.717) is 17.9 Å². The highest BCUT2D eigenvalue weighted by Gasteiger charge is 2.24. The van der Waals surface area contributed by atoms with Crippen molar-refractivity contribution in [3.8, 4) is 11.1 Å². The Bertz CT molecular complexity index is 766. The van der Waals surface area contributed by atoms with Gasteiger partial charge in [-0.15, -0.1) is 0 Å². The van der Waals surface area contributed by atoms with E-state index in [1.165, 1.54) is 31.2 Å². The molecule has 2 aliphatic carbocycles. The Morgan fingerprint density at radius 2 is 1.36 bits per heavy atom. The molecule has 0 saturated heterocycles. The Hall–Kier alpha value is -1.67. The summed E-state index contributed by atoms with van der Waals surface area (Å²) in [6, 6.07) is 14.7. The minimum Gasteiger partial charge on any atom is -0.381 e. The van der Waals surface area contributed by atoms with E-state index in [1.807, 2.05) is 6.07 Å². The van der Waals surface area contributed by atoms with Crippen LogP contribution in [0.15, 0.2) is 42.5 Å². The number of rotatable bonds is 4. The maximum atomic E-state index is 14.9. The summed E-state index contributed by atoms with van der Waals surface area (Å²) in [5.74, 6) is 1.85. The molecule has 0 radical (unpaired) electrons. The van der Waals surface area contributed by atoms with Gasteiger partial charge in [-0.05, 0) is 84.6 Å². The topological polar surface area (TPSA) is 9.23 Å². The predicted octanol–water partition coefficient (Wildman–Crippen LogP) is 7.46. The first kappa shape index (κ1) is 19.6. The second-order valence-electron chi connectivity index (χ2n) is 9.02. The van der Waals surface area contributed by atoms with E-state index < -0.39 is 0 Å². The van der Waals surface area contributed by atoms with Crippen LogP contribution in [-0.4, -0.2) is 13.2 Å². The molecular weight excluding hydrogens is 347 g/mol. The molecule has 0 N–H and O–H groups in total. The minimum atomic E-state index is -0.0521. The maximum Gasteiger partial charge on any atom is 0.127 e. The molecule has 2 saturated carbocycles. The molecule has 0 aliphatic heterocycles. The molecule has 2 aliphatic rings. The Morgan fingerprint density at radius 3 is 1.96 bits per heavy atom. The van der Waals surface area contributed by atoms with Gasteiger partial charge in [0.25, 0.3) is 0 Å². The molecule has 0 aromatic heterocycles. The molecule has 150 valence electrons. The molecule has 0 unspecified atom stereocenters. The highest BCUT2D eigenvalue weighted by atomic mass is 19.1. The summed E-state index contributed by atoms with van der Waals surface area (Å²) in [6.07, 6.45) is 9.73. The average Bonchev–Trinajstić information content (AvgIpc) is 2.74. The number of methoxy groups -OCH3 is 1. The number of ether oxygens (including phenoxy) is 1. The molecule has 2 heteroatoms. The highest BCUT2D eigenvalue weighted by Crippen LogP contribution is 2.38. The van der Waals surface area contributed by atoms with Crippen LogP contribution in [0.4, 0.5) is 4.39 Å². The third-order valence-electron chi connectivity index (χ3n) is 7.18. The van der Waals surface area contributed by atoms with Gasteiger partial charge in [0.05, 0.1) is 6.10 Å². The fourth-order valence-electron chi connectivity index (χ4n) is 5.19. The Kier molecular flexibility index (Phi) is 6.16. The number of benzene rings is 2. The smallest absolute Gasteiger partial charge is 0.127 e. The van der Waals surface area contributed by atoms with Gasteiger partial charge in [0, 0.05) is 7.11 Å². The normalized spacial score (nSPS) is 28.2. The van der Waals surface area contributed by atoms with E-state index in [2.05, 4.69) is 37.3 Å². The lowest BCUT2D eigenvalue weighted by Crippen LogP contribution is -2.19. The predicted molar refractivity (Wildman–Crippen MR) is 114 cm³/mol. The van der Waals surface area contributed by atoms with E-state index in [-0.39, 0.29) is 5.82 Å². The second-order valence-corrected chi connectivity index (χ2v) is 9.02. The van der Waals surface area contributed by atoms with Crippen LogP contribution in [0.1, 0.15) is 81.3 Å². The SMILES string of the molecule is COC1CCC(c2ccc(-c3ccc(C4CCC(C)CC4)cc3)cc2F)CC1. The van der Waals surface area contributed by atoms with Crippen LogP contribution >= 0.6 is 0 Å². The van der Waals surface area contributed by atoms with Crippen LogP contribution in [0.25, 0.3) is 11.1 Å². The molecule has 0 spiro atoms. The minimum absolute atomic E-state index is 0.0521. The molecule has 2 aromatic carbocycles. The molecule has 0 bridgehead atoms. The Morgan fingerprint density at radius 1 is 0.750 bits per heavy atom. The van der Waals surface area contributed by atoms with Gasteiger partial charge in [-0.25, -0.2) is 4.39 Å². The molecule has 1 nitrogen and oxygen atoms in total. The lowest BCUT2D eigenvalue weighted by atomic mass is 9.79. The van der Waals surface area contributed by atoms with Crippen LogP contribution in [0.2, 0.25) is 0 Å². The summed E-state index contributed by atoms with van der Waals surface area (Å²) >= 11 is 0. The summed E-state index contributed by atoms with van der Waals surface area (Å²) in [7, 11) is 1.78. The van der Waals surface area contributed by atoms with Crippen molar-refractivity contribution in [3.63, 3.8) is 0 Å². The van der Waals surface area contributed by atoms with Crippen LogP contribution in [0.5, 0.6) is 0 Å². The molecular formula is C26H33FO. The van der Waals surface area contributed by atoms with Gasteiger partial charge in [0.15, 0.2) is 0 Å². The van der Waals surface area contributed by atoms with Crippen molar-refractivity contribution >= 4 is 0 Å². The molecule has 2 fully saturated rings. The zero-order chi connectivity index (χ0) is 19.5. The molecule has 28 heavy (non-hydrogen) atoms. The average molecular weight is 381 g/mol. The monoisotopic (exact) mass is 380 g/mol. The van der Waals surface area contributed by atoms with Crippen LogP contribution < -0.4 is 0 Å². The van der Waals surface area contributed by atoms with Gasteiger partial charge < -0.3 is 4.74 Å². The van der Waals surface area contributed by atoms with Crippen molar-refractivity contribution < 1.29 is 9.13 Å². The molecule has 4 rings (SSSR count). The molecule has 2 aromatic rings. The van der Waals surface area contributed by atoms with Gasteiger partial charge >= 0.3 is 0 Å². The van der Waals surface area contributed by atoms with Gasteiger partial charge in [0.2, 0.25) is 0 Å². The van der Waals surface area contributed by atoms with Gasteiger partial charge in [-0.2, -0.15) is 0 Å². The largest absolute Gasteiger partial charge is 0.381 e. The van der Waals surface area contributed by atoms with Crippen molar-refractivity contribution in [2.24, 2.45) is 5.92 Å². The second kappa shape index (κ2) is 8.78. The summed E-state index contributed by atoms with van der Waals surface area (Å²) in [4.78, 5) is 0. The third kappa shape index (κ3) is 4.33. The first-order valence-corrected chi connectivity index (χ1v) is 11.1. The third-order valence-corrected chi connectivity index (χ3v) is 7.18. The van der Waals surface area contributed by atoms with Crippen molar-refractivity contribution in [1.29, 1.82) is 0 Å². The Balaban J connectivity index is 1.45. The van der Waals surface area contributed by atoms with Crippen molar-refractivity contribution in [2.75, 3.05) is 7.11 Å². The van der Waals surface area contributed by atoms with Gasteiger partial charge in [-0.1, -0.05) is 56.2 Å². The van der Waals surface area contributed by atoms with E-state index in [4.69, 9.17) is 4.74 Å². The first-order valence-electron chi connectivity index (χ1n) is 11.1. The maximum absolute atomic E-state index is 14.9. The zero-order valence-electron chi connectivity index (χ0n) is 17.3. The summed E-state index contributed by atoms with van der Waals surface area (Å²) in [6.45, 7) is 2.36. The summed E-state index contributed by atoms with van der Waals surface area (Å²) in [5.41, 5.74) is 4.42. The lowest BCUT2D eigenvalue weighted by molar-refractivity contribution is 0.0655. The van der Waals surface area contributed by atoms with Crippen molar-refractivity contribution in [3.05, 3.63) is 59.4 Å². The molecule has 0 heterocycles. The lowest BCUT2D eigenvalue weighted by Gasteiger charge is -2.28. The standard InChI is InChI=1S/C26H33FO/c1-18-3-5-19(6-4-18)20-7-9-21(10-8-20)23-13-16-25(26(27)17-23)22-11-14-24(28-2)15-12-22/h7-10,13,16-19,22,24H,3-6,11-12,14-15H2,1-2H3. The summed E-state index contributed by atoms with van der Waals surface area (Å²) < 4.78 is 20.3. The number of halogens is 1. The zero-order valence-corrected chi connectivity index (χ0v) is 17.3. The fraction of sp³-hybridized carbons (Fsp3) is 0.538. The quantitative estimate of drug-likeness (QED) is 0.535. The van der Waals surface area contributed by atoms with E-state index >= 15 is 0 Å². The summed E-state index contributed by atoms with van der Waals surface area (Å²) in [5, 5.41) is 0. The van der Waals surface area contributed by atoms with E-state index in [9.17, 15) is 4.39 Å².